The topological polar surface area (TPSA) is 29.1 Å². The summed E-state index contributed by atoms with van der Waals surface area (Å²) in [7, 11) is 0. The maximum absolute atomic E-state index is 12.1. The van der Waals surface area contributed by atoms with E-state index in [1.54, 1.807) is 0 Å². The Labute approximate surface area is 138 Å². The van der Waals surface area contributed by atoms with Crippen molar-refractivity contribution in [1.29, 1.82) is 0 Å². The molecule has 3 rings (SSSR count). The van der Waals surface area contributed by atoms with Crippen LogP contribution in [-0.4, -0.2) is 12.5 Å². The summed E-state index contributed by atoms with van der Waals surface area (Å²) in [6.07, 6.45) is 9.78. The van der Waals surface area contributed by atoms with Gasteiger partial charge in [-0.25, -0.2) is 0 Å². The molecule has 2 aromatic carbocycles. The van der Waals surface area contributed by atoms with Crippen LogP contribution in [0.3, 0.4) is 0 Å². The molecule has 0 bridgehead atoms. The molecule has 0 saturated heterocycles. The van der Waals surface area contributed by atoms with Crippen LogP contribution in [0.4, 0.5) is 0 Å². The van der Waals surface area contributed by atoms with Gasteiger partial charge in [-0.2, -0.15) is 0 Å². The van der Waals surface area contributed by atoms with Gasteiger partial charge in [-0.05, 0) is 54.9 Å². The first-order valence-corrected chi connectivity index (χ1v) is 8.74. The van der Waals surface area contributed by atoms with Gasteiger partial charge in [-0.1, -0.05) is 54.1 Å². The van der Waals surface area contributed by atoms with Crippen molar-refractivity contribution >= 4 is 16.7 Å². The molecular weight excluding hydrogens is 282 g/mol. The van der Waals surface area contributed by atoms with Gasteiger partial charge in [0.25, 0.3) is 0 Å². The molecule has 0 fully saturated rings. The van der Waals surface area contributed by atoms with Gasteiger partial charge in [-0.3, -0.25) is 4.79 Å². The third-order valence-electron chi connectivity index (χ3n) is 4.65. The van der Waals surface area contributed by atoms with E-state index in [0.29, 0.717) is 6.42 Å². The van der Waals surface area contributed by atoms with Crippen LogP contribution in [0.25, 0.3) is 10.8 Å². The Bertz CT molecular complexity index is 697. The van der Waals surface area contributed by atoms with Crippen LogP contribution in [0.1, 0.15) is 44.1 Å². The number of rotatable bonds is 6. The zero-order chi connectivity index (χ0) is 15.9. The molecule has 1 aliphatic rings. The predicted molar refractivity (Wildman–Crippen MR) is 96.4 cm³/mol. The number of hydrogen-bond acceptors (Lipinski definition) is 1. The summed E-state index contributed by atoms with van der Waals surface area (Å²) in [6, 6.07) is 14.7. The Morgan fingerprint density at radius 2 is 1.87 bits per heavy atom. The summed E-state index contributed by atoms with van der Waals surface area (Å²) in [6.45, 7) is 0.778. The van der Waals surface area contributed by atoms with E-state index >= 15 is 0 Å². The molecule has 0 radical (unpaired) electrons. The van der Waals surface area contributed by atoms with Gasteiger partial charge in [-0.15, -0.1) is 0 Å². The van der Waals surface area contributed by atoms with Crippen LogP contribution in [0.5, 0.6) is 0 Å². The number of carbonyl (C=O) groups is 1. The summed E-state index contributed by atoms with van der Waals surface area (Å²) in [5, 5.41) is 5.57. The molecule has 2 nitrogen and oxygen atoms in total. The average Bonchev–Trinajstić information content (AvgIpc) is 2.61. The molecule has 1 N–H and O–H groups in total. The molecule has 0 atom stereocenters. The highest BCUT2D eigenvalue weighted by Gasteiger charge is 2.07. The third kappa shape index (κ3) is 4.44. The van der Waals surface area contributed by atoms with Gasteiger partial charge in [0.05, 0.1) is 0 Å². The second kappa shape index (κ2) is 7.96. The number of benzene rings is 2. The van der Waals surface area contributed by atoms with E-state index in [9.17, 15) is 4.79 Å². The van der Waals surface area contributed by atoms with Crippen molar-refractivity contribution in [2.24, 2.45) is 0 Å². The monoisotopic (exact) mass is 307 g/mol. The normalized spacial score (nSPS) is 14.5. The average molecular weight is 307 g/mol. The molecule has 0 aromatic heterocycles. The van der Waals surface area contributed by atoms with E-state index in [1.807, 2.05) is 0 Å². The van der Waals surface area contributed by atoms with Crippen molar-refractivity contribution in [3.63, 3.8) is 0 Å². The van der Waals surface area contributed by atoms with Crippen molar-refractivity contribution in [3.8, 4) is 0 Å². The van der Waals surface area contributed by atoms with Gasteiger partial charge in [0.2, 0.25) is 5.91 Å². The first-order chi connectivity index (χ1) is 11.3. The van der Waals surface area contributed by atoms with Crippen molar-refractivity contribution in [3.05, 3.63) is 59.7 Å². The van der Waals surface area contributed by atoms with Crippen LogP contribution in [0.15, 0.2) is 54.1 Å². The minimum Gasteiger partial charge on any atom is -0.356 e. The lowest BCUT2D eigenvalue weighted by atomic mass is 9.97. The Kier molecular flexibility index (Phi) is 5.46. The van der Waals surface area contributed by atoms with Gasteiger partial charge >= 0.3 is 0 Å². The van der Waals surface area contributed by atoms with E-state index in [4.69, 9.17) is 0 Å². The lowest BCUT2D eigenvalue weighted by molar-refractivity contribution is -0.121. The molecule has 1 aliphatic carbocycles. The molecular formula is C21H25NO. The number of aryl methyl sites for hydroxylation is 1. The van der Waals surface area contributed by atoms with Gasteiger partial charge in [0.1, 0.15) is 0 Å². The Morgan fingerprint density at radius 3 is 2.74 bits per heavy atom. The highest BCUT2D eigenvalue weighted by Crippen LogP contribution is 2.20. The first-order valence-electron chi connectivity index (χ1n) is 8.74. The fourth-order valence-corrected chi connectivity index (χ4v) is 3.34. The van der Waals surface area contributed by atoms with Crippen LogP contribution in [-0.2, 0) is 11.2 Å². The second-order valence-electron chi connectivity index (χ2n) is 6.35. The fourth-order valence-electron chi connectivity index (χ4n) is 3.34. The van der Waals surface area contributed by atoms with Crippen LogP contribution >= 0.6 is 0 Å². The number of amides is 1. The minimum absolute atomic E-state index is 0.161. The van der Waals surface area contributed by atoms with E-state index < -0.39 is 0 Å². The van der Waals surface area contributed by atoms with Gasteiger partial charge in [0, 0.05) is 13.0 Å². The van der Waals surface area contributed by atoms with Crippen molar-refractivity contribution < 1.29 is 4.79 Å². The van der Waals surface area contributed by atoms with Crippen LogP contribution in [0, 0.1) is 0 Å². The summed E-state index contributed by atoms with van der Waals surface area (Å²) in [5.74, 6) is 0.161. The fraction of sp³-hybridized carbons (Fsp3) is 0.381. The maximum atomic E-state index is 12.1. The summed E-state index contributed by atoms with van der Waals surface area (Å²) in [5.41, 5.74) is 2.78. The number of hydrogen-bond donors (Lipinski definition) is 1. The number of allylic oxidation sites excluding steroid dienone is 1. The SMILES string of the molecule is O=C(CCc1cccc2ccccc12)NCCC1=CCCCC1. The highest BCUT2D eigenvalue weighted by molar-refractivity contribution is 5.86. The zero-order valence-corrected chi connectivity index (χ0v) is 13.7. The van der Waals surface area contributed by atoms with Crippen LogP contribution < -0.4 is 5.32 Å². The molecule has 0 heterocycles. The standard InChI is InChI=1S/C21H25NO/c23-21(22-16-15-17-7-2-1-3-8-17)14-13-19-11-6-10-18-9-4-5-12-20(18)19/h4-7,9-12H,1-3,8,13-16H2,(H,22,23). The van der Waals surface area contributed by atoms with Crippen molar-refractivity contribution in [2.75, 3.05) is 6.54 Å². The summed E-state index contributed by atoms with van der Waals surface area (Å²) < 4.78 is 0. The maximum Gasteiger partial charge on any atom is 0.220 e. The lowest BCUT2D eigenvalue weighted by Gasteiger charge is -2.13. The molecule has 2 heteroatoms. The van der Waals surface area contributed by atoms with Crippen molar-refractivity contribution in [1.82, 2.24) is 5.32 Å². The summed E-state index contributed by atoms with van der Waals surface area (Å²) >= 11 is 0. The summed E-state index contributed by atoms with van der Waals surface area (Å²) in [4.78, 5) is 12.1. The third-order valence-corrected chi connectivity index (χ3v) is 4.65. The second-order valence-corrected chi connectivity index (χ2v) is 6.35. The smallest absolute Gasteiger partial charge is 0.220 e. The Balaban J connectivity index is 1.47. The quantitative estimate of drug-likeness (QED) is 0.765. The number of carbonyl (C=O) groups excluding carboxylic acids is 1. The van der Waals surface area contributed by atoms with Gasteiger partial charge in [0.15, 0.2) is 0 Å². The Morgan fingerprint density at radius 1 is 1.00 bits per heavy atom. The predicted octanol–water partition coefficient (Wildman–Crippen LogP) is 4.78. The molecule has 23 heavy (non-hydrogen) atoms. The van der Waals surface area contributed by atoms with Crippen molar-refractivity contribution in [2.45, 2.75) is 44.9 Å². The molecule has 2 aromatic rings. The largest absolute Gasteiger partial charge is 0.356 e. The molecule has 120 valence electrons. The van der Waals surface area contributed by atoms with Gasteiger partial charge < -0.3 is 5.32 Å². The molecule has 1 amide bonds. The Hall–Kier alpha value is -2.09. The number of nitrogens with one attached hydrogen (secondary N) is 1. The molecule has 0 spiro atoms. The molecule has 0 aliphatic heterocycles. The van der Waals surface area contributed by atoms with E-state index in [-0.39, 0.29) is 5.91 Å². The van der Waals surface area contributed by atoms with E-state index in [1.165, 1.54) is 47.6 Å². The highest BCUT2D eigenvalue weighted by atomic mass is 16.1. The lowest BCUT2D eigenvalue weighted by Crippen LogP contribution is -2.25. The van der Waals surface area contributed by atoms with Crippen LogP contribution in [0.2, 0.25) is 0 Å². The molecule has 0 unspecified atom stereocenters. The minimum atomic E-state index is 0.161. The first kappa shape index (κ1) is 15.8. The molecule has 0 saturated carbocycles. The zero-order valence-electron chi connectivity index (χ0n) is 13.7. The number of fused-ring (bicyclic) bond motifs is 1. The van der Waals surface area contributed by atoms with E-state index in [2.05, 4.69) is 53.9 Å². The van der Waals surface area contributed by atoms with E-state index in [0.717, 1.165) is 19.4 Å².